The highest BCUT2D eigenvalue weighted by Crippen LogP contribution is 2.18. The first-order chi connectivity index (χ1) is 8.47. The van der Waals surface area contributed by atoms with Crippen LogP contribution in [0, 0.1) is 6.92 Å². The lowest BCUT2D eigenvalue weighted by molar-refractivity contribution is -0.122. The van der Waals surface area contributed by atoms with Crippen LogP contribution in [-0.2, 0) is 18.4 Å². The van der Waals surface area contributed by atoms with Crippen molar-refractivity contribution in [3.63, 3.8) is 0 Å². The molecule has 0 saturated heterocycles. The van der Waals surface area contributed by atoms with Crippen molar-refractivity contribution in [2.45, 2.75) is 39.8 Å². The smallest absolute Gasteiger partial charge is 0.236 e. The lowest BCUT2D eigenvalue weighted by Gasteiger charge is -2.14. The molecule has 0 aromatic carbocycles. The van der Waals surface area contributed by atoms with Crippen LogP contribution in [-0.4, -0.2) is 28.3 Å². The Bertz CT molecular complexity index is 416. The Morgan fingerprint density at radius 3 is 2.72 bits per heavy atom. The minimum absolute atomic E-state index is 0.00635. The summed E-state index contributed by atoms with van der Waals surface area (Å²) in [6.45, 7) is 6.95. The molecule has 0 aliphatic carbocycles. The van der Waals surface area contributed by atoms with E-state index in [-0.39, 0.29) is 11.9 Å². The molecule has 1 rings (SSSR count). The molecule has 0 spiro atoms. The Balaban J connectivity index is 2.52. The van der Waals surface area contributed by atoms with Gasteiger partial charge < -0.3 is 10.6 Å². The van der Waals surface area contributed by atoms with Gasteiger partial charge in [0.25, 0.3) is 0 Å². The van der Waals surface area contributed by atoms with Gasteiger partial charge in [0.15, 0.2) is 0 Å². The van der Waals surface area contributed by atoms with E-state index in [2.05, 4.69) is 15.7 Å². The van der Waals surface area contributed by atoms with Crippen molar-refractivity contribution in [1.82, 2.24) is 20.4 Å². The number of amides is 1. The Hall–Kier alpha value is -1.07. The second-order valence-corrected chi connectivity index (χ2v) is 4.74. The molecule has 1 aromatic rings. The molecule has 0 radical (unpaired) electrons. The summed E-state index contributed by atoms with van der Waals surface area (Å²) in [6.07, 6.45) is 0.936. The molecule has 1 unspecified atom stereocenters. The largest absolute Gasteiger partial charge is 0.355 e. The molecule has 5 nitrogen and oxygen atoms in total. The van der Waals surface area contributed by atoms with E-state index in [0.29, 0.717) is 18.1 Å². The third-order valence-corrected chi connectivity index (χ3v) is 3.27. The van der Waals surface area contributed by atoms with Gasteiger partial charge in [-0.15, -0.1) is 0 Å². The van der Waals surface area contributed by atoms with Crippen LogP contribution in [0.2, 0.25) is 5.02 Å². The summed E-state index contributed by atoms with van der Waals surface area (Å²) in [5, 5.41) is 10.9. The predicted octanol–water partition coefficient (Wildman–Crippen LogP) is 1.39. The summed E-state index contributed by atoms with van der Waals surface area (Å²) in [5.41, 5.74) is 1.70. The number of nitrogens with zero attached hydrogens (tertiary/aromatic N) is 2. The van der Waals surface area contributed by atoms with E-state index in [9.17, 15) is 4.79 Å². The van der Waals surface area contributed by atoms with Gasteiger partial charge in [-0.3, -0.25) is 9.48 Å². The van der Waals surface area contributed by atoms with Crippen molar-refractivity contribution in [3.8, 4) is 0 Å². The van der Waals surface area contributed by atoms with Crippen molar-refractivity contribution in [2.24, 2.45) is 7.05 Å². The average molecular weight is 273 g/mol. The molecule has 0 bridgehead atoms. The van der Waals surface area contributed by atoms with Gasteiger partial charge in [0.05, 0.1) is 22.5 Å². The topological polar surface area (TPSA) is 59.0 Å². The molecule has 6 heteroatoms. The third-order valence-electron chi connectivity index (χ3n) is 2.78. The molecular weight excluding hydrogens is 252 g/mol. The van der Waals surface area contributed by atoms with Crippen molar-refractivity contribution in [1.29, 1.82) is 0 Å². The standard InChI is InChI=1S/C12H21ClN4O/c1-5-6-14-12(18)9(3)15-7-10-11(13)8(2)16-17(10)4/h9,15H,5-7H2,1-4H3,(H,14,18). The van der Waals surface area contributed by atoms with Crippen molar-refractivity contribution >= 4 is 17.5 Å². The van der Waals surface area contributed by atoms with Gasteiger partial charge in [-0.2, -0.15) is 5.10 Å². The van der Waals surface area contributed by atoms with E-state index < -0.39 is 0 Å². The van der Waals surface area contributed by atoms with Crippen LogP contribution in [0.1, 0.15) is 31.7 Å². The number of hydrogen-bond acceptors (Lipinski definition) is 3. The van der Waals surface area contributed by atoms with Gasteiger partial charge in [0.2, 0.25) is 5.91 Å². The number of hydrogen-bond donors (Lipinski definition) is 2. The van der Waals surface area contributed by atoms with Crippen LogP contribution in [0.5, 0.6) is 0 Å². The summed E-state index contributed by atoms with van der Waals surface area (Å²) in [5.74, 6) is 0.00635. The number of carbonyl (C=O) groups excluding carboxylic acids is 1. The number of carbonyl (C=O) groups is 1. The Morgan fingerprint density at radius 1 is 1.56 bits per heavy atom. The van der Waals surface area contributed by atoms with Crippen LogP contribution < -0.4 is 10.6 Å². The molecule has 0 aliphatic heterocycles. The van der Waals surface area contributed by atoms with E-state index in [1.807, 2.05) is 27.8 Å². The predicted molar refractivity (Wildman–Crippen MR) is 72.6 cm³/mol. The molecule has 1 aromatic heterocycles. The molecule has 2 N–H and O–H groups in total. The van der Waals surface area contributed by atoms with Gasteiger partial charge >= 0.3 is 0 Å². The lowest BCUT2D eigenvalue weighted by atomic mass is 10.3. The number of nitrogens with one attached hydrogen (secondary N) is 2. The average Bonchev–Trinajstić information content (AvgIpc) is 2.58. The SMILES string of the molecule is CCCNC(=O)C(C)NCc1c(Cl)c(C)nn1C. The summed E-state index contributed by atoms with van der Waals surface area (Å²) in [6, 6.07) is -0.247. The van der Waals surface area contributed by atoms with Crippen molar-refractivity contribution < 1.29 is 4.79 Å². The summed E-state index contributed by atoms with van der Waals surface area (Å²) >= 11 is 6.14. The molecule has 0 aliphatic rings. The summed E-state index contributed by atoms with van der Waals surface area (Å²) < 4.78 is 1.74. The van der Waals surface area contributed by atoms with Gasteiger partial charge in [-0.25, -0.2) is 0 Å². The summed E-state index contributed by atoms with van der Waals surface area (Å²) in [4.78, 5) is 11.7. The Kier molecular flexibility index (Phi) is 5.62. The quantitative estimate of drug-likeness (QED) is 0.823. The number of aromatic nitrogens is 2. The van der Waals surface area contributed by atoms with Crippen LogP contribution in [0.25, 0.3) is 0 Å². The van der Waals surface area contributed by atoms with Gasteiger partial charge in [-0.1, -0.05) is 18.5 Å². The molecule has 1 heterocycles. The molecular formula is C12H21ClN4O. The number of halogens is 1. The van der Waals surface area contributed by atoms with Crippen molar-refractivity contribution in [2.75, 3.05) is 6.54 Å². The maximum atomic E-state index is 11.7. The fourth-order valence-electron chi connectivity index (χ4n) is 1.62. The minimum atomic E-state index is -0.247. The molecule has 1 atom stereocenters. The van der Waals surface area contributed by atoms with E-state index in [1.54, 1.807) is 4.68 Å². The monoisotopic (exact) mass is 272 g/mol. The second kappa shape index (κ2) is 6.75. The van der Waals surface area contributed by atoms with Gasteiger partial charge in [-0.05, 0) is 20.3 Å². The zero-order valence-electron chi connectivity index (χ0n) is 11.4. The molecule has 0 saturated carbocycles. The molecule has 0 fully saturated rings. The molecule has 102 valence electrons. The third kappa shape index (κ3) is 3.71. The zero-order valence-corrected chi connectivity index (χ0v) is 12.1. The highest BCUT2D eigenvalue weighted by atomic mass is 35.5. The fourth-order valence-corrected chi connectivity index (χ4v) is 1.84. The number of aryl methyl sites for hydroxylation is 2. The normalized spacial score (nSPS) is 12.5. The highest BCUT2D eigenvalue weighted by Gasteiger charge is 2.15. The van der Waals surface area contributed by atoms with Crippen LogP contribution in [0.15, 0.2) is 0 Å². The second-order valence-electron chi connectivity index (χ2n) is 4.36. The van der Waals surface area contributed by atoms with E-state index in [1.165, 1.54) is 0 Å². The zero-order chi connectivity index (χ0) is 13.7. The van der Waals surface area contributed by atoms with Gasteiger partial charge in [0.1, 0.15) is 0 Å². The van der Waals surface area contributed by atoms with Crippen LogP contribution >= 0.6 is 11.6 Å². The fraction of sp³-hybridized carbons (Fsp3) is 0.667. The van der Waals surface area contributed by atoms with Crippen LogP contribution in [0.3, 0.4) is 0 Å². The Labute approximate surface area is 113 Å². The first-order valence-electron chi connectivity index (χ1n) is 6.16. The number of rotatable bonds is 6. The van der Waals surface area contributed by atoms with Gasteiger partial charge in [0, 0.05) is 20.1 Å². The first-order valence-corrected chi connectivity index (χ1v) is 6.54. The van der Waals surface area contributed by atoms with Crippen molar-refractivity contribution in [3.05, 3.63) is 16.4 Å². The van der Waals surface area contributed by atoms with E-state index >= 15 is 0 Å². The Morgan fingerprint density at radius 2 is 2.22 bits per heavy atom. The minimum Gasteiger partial charge on any atom is -0.355 e. The van der Waals surface area contributed by atoms with Crippen LogP contribution in [0.4, 0.5) is 0 Å². The molecule has 1 amide bonds. The maximum absolute atomic E-state index is 11.7. The molecule has 18 heavy (non-hydrogen) atoms. The first kappa shape index (κ1) is 15.0. The van der Waals surface area contributed by atoms with E-state index in [4.69, 9.17) is 11.6 Å². The van der Waals surface area contributed by atoms with E-state index in [0.717, 1.165) is 17.8 Å². The highest BCUT2D eigenvalue weighted by molar-refractivity contribution is 6.31. The lowest BCUT2D eigenvalue weighted by Crippen LogP contribution is -2.42. The maximum Gasteiger partial charge on any atom is 0.236 e. The summed E-state index contributed by atoms with van der Waals surface area (Å²) in [7, 11) is 1.84.